The van der Waals surface area contributed by atoms with Crippen molar-refractivity contribution >= 4 is 39.7 Å². The summed E-state index contributed by atoms with van der Waals surface area (Å²) in [5.41, 5.74) is 1.24. The van der Waals surface area contributed by atoms with Crippen LogP contribution in [-0.4, -0.2) is 16.7 Å². The number of thiophene rings is 1. The van der Waals surface area contributed by atoms with Crippen molar-refractivity contribution in [2.45, 2.75) is 12.5 Å². The molecule has 0 radical (unpaired) electrons. The number of pyridine rings is 1. The molecule has 0 aliphatic heterocycles. The van der Waals surface area contributed by atoms with Gasteiger partial charge in [-0.2, -0.15) is 5.26 Å². The lowest BCUT2D eigenvalue weighted by molar-refractivity contribution is 0.280. The van der Waals surface area contributed by atoms with Gasteiger partial charge in [0.2, 0.25) is 0 Å². The van der Waals surface area contributed by atoms with Crippen molar-refractivity contribution in [3.05, 3.63) is 57.2 Å². The molecule has 1 unspecified atom stereocenters. The topological polar surface area (TPSA) is 68.9 Å². The number of benzene rings is 1. The highest BCUT2D eigenvalue weighted by atomic mass is 35.5. The van der Waals surface area contributed by atoms with Crippen LogP contribution in [0.25, 0.3) is 10.9 Å². The van der Waals surface area contributed by atoms with Crippen LogP contribution in [0.2, 0.25) is 5.02 Å². The Morgan fingerprint density at radius 3 is 2.91 bits per heavy atom. The van der Waals surface area contributed by atoms with Gasteiger partial charge < -0.3 is 10.4 Å². The molecule has 2 aromatic heterocycles. The van der Waals surface area contributed by atoms with Crippen molar-refractivity contribution in [1.29, 1.82) is 5.26 Å². The molecule has 3 rings (SSSR count). The lowest BCUT2D eigenvalue weighted by atomic mass is 10.1. The Balaban J connectivity index is 1.99. The van der Waals surface area contributed by atoms with E-state index in [1.165, 1.54) is 0 Å². The fourth-order valence-electron chi connectivity index (χ4n) is 2.45. The van der Waals surface area contributed by atoms with Gasteiger partial charge in [0, 0.05) is 21.9 Å². The van der Waals surface area contributed by atoms with Crippen LogP contribution in [0, 0.1) is 11.3 Å². The summed E-state index contributed by atoms with van der Waals surface area (Å²) in [5.74, 6) is 0.614. The van der Waals surface area contributed by atoms with E-state index in [0.717, 1.165) is 10.3 Å². The Hall–Kier alpha value is -2.13. The average molecular weight is 344 g/mol. The van der Waals surface area contributed by atoms with E-state index < -0.39 is 0 Å². The number of nitrogens with zero attached hydrogens (tertiary/aromatic N) is 2. The molecule has 2 N–H and O–H groups in total. The van der Waals surface area contributed by atoms with Crippen LogP contribution in [0.15, 0.2) is 41.8 Å². The van der Waals surface area contributed by atoms with Gasteiger partial charge in [0.25, 0.3) is 0 Å². The first-order valence-electron chi connectivity index (χ1n) is 7.12. The molecule has 0 saturated carbocycles. The van der Waals surface area contributed by atoms with E-state index in [4.69, 9.17) is 11.6 Å². The van der Waals surface area contributed by atoms with Crippen molar-refractivity contribution in [2.75, 3.05) is 11.9 Å². The number of aliphatic hydroxyl groups excluding tert-OH is 1. The van der Waals surface area contributed by atoms with Gasteiger partial charge in [0.05, 0.1) is 23.2 Å². The summed E-state index contributed by atoms with van der Waals surface area (Å²) >= 11 is 7.62. The van der Waals surface area contributed by atoms with Gasteiger partial charge >= 0.3 is 0 Å². The van der Waals surface area contributed by atoms with Crippen molar-refractivity contribution in [2.24, 2.45) is 0 Å². The molecule has 0 aliphatic carbocycles. The fourth-order valence-corrected chi connectivity index (χ4v) is 3.43. The number of aromatic nitrogens is 1. The molecule has 0 saturated heterocycles. The van der Waals surface area contributed by atoms with Crippen LogP contribution in [0.3, 0.4) is 0 Å². The molecule has 6 heteroatoms. The monoisotopic (exact) mass is 343 g/mol. The fraction of sp³-hybridized carbons (Fsp3) is 0.176. The SMILES string of the molecule is N#Cc1cc(NC(CCO)c2cccs2)nc2ccc(Cl)cc12. The second-order valence-electron chi connectivity index (χ2n) is 5.05. The summed E-state index contributed by atoms with van der Waals surface area (Å²) in [6.07, 6.45) is 0.572. The maximum Gasteiger partial charge on any atom is 0.128 e. The van der Waals surface area contributed by atoms with Gasteiger partial charge in [-0.3, -0.25) is 0 Å². The zero-order valence-electron chi connectivity index (χ0n) is 12.2. The summed E-state index contributed by atoms with van der Waals surface area (Å²) in [7, 11) is 0. The maximum absolute atomic E-state index is 9.39. The van der Waals surface area contributed by atoms with Crippen molar-refractivity contribution in [3.8, 4) is 6.07 Å². The van der Waals surface area contributed by atoms with E-state index >= 15 is 0 Å². The predicted molar refractivity (Wildman–Crippen MR) is 93.9 cm³/mol. The van der Waals surface area contributed by atoms with E-state index in [2.05, 4.69) is 16.4 Å². The zero-order chi connectivity index (χ0) is 16.2. The van der Waals surface area contributed by atoms with E-state index in [1.54, 1.807) is 35.6 Å². The number of rotatable bonds is 5. The molecule has 0 bridgehead atoms. The highest BCUT2D eigenvalue weighted by Crippen LogP contribution is 2.28. The Morgan fingerprint density at radius 1 is 1.35 bits per heavy atom. The van der Waals surface area contributed by atoms with Crippen molar-refractivity contribution in [3.63, 3.8) is 0 Å². The first kappa shape index (κ1) is 15.8. The van der Waals surface area contributed by atoms with Crippen LogP contribution in [0.4, 0.5) is 5.82 Å². The van der Waals surface area contributed by atoms with Crippen LogP contribution in [0.1, 0.15) is 22.9 Å². The largest absolute Gasteiger partial charge is 0.396 e. The third-order valence-corrected chi connectivity index (χ3v) is 4.74. The number of anilines is 1. The van der Waals surface area contributed by atoms with Gasteiger partial charge in [0.1, 0.15) is 5.82 Å². The summed E-state index contributed by atoms with van der Waals surface area (Å²) in [6.45, 7) is 0.0733. The number of hydrogen-bond donors (Lipinski definition) is 2. The van der Waals surface area contributed by atoms with Gasteiger partial charge in [-0.25, -0.2) is 4.98 Å². The molecular formula is C17H14ClN3OS. The van der Waals surface area contributed by atoms with Gasteiger partial charge in [-0.1, -0.05) is 17.7 Å². The molecule has 1 aromatic carbocycles. The number of hydrogen-bond acceptors (Lipinski definition) is 5. The number of fused-ring (bicyclic) bond motifs is 1. The molecule has 116 valence electrons. The van der Waals surface area contributed by atoms with Crippen molar-refractivity contribution in [1.82, 2.24) is 4.98 Å². The summed E-state index contributed by atoms with van der Waals surface area (Å²) in [5, 5.41) is 25.3. The number of aliphatic hydroxyl groups is 1. The summed E-state index contributed by atoms with van der Waals surface area (Å²) in [6, 6.07) is 13.2. The quantitative estimate of drug-likeness (QED) is 0.722. The second-order valence-corrected chi connectivity index (χ2v) is 6.47. The average Bonchev–Trinajstić information content (AvgIpc) is 3.08. The third kappa shape index (κ3) is 3.45. The summed E-state index contributed by atoms with van der Waals surface area (Å²) in [4.78, 5) is 5.68. The first-order chi connectivity index (χ1) is 11.2. The number of nitrogens with one attached hydrogen (secondary N) is 1. The highest BCUT2D eigenvalue weighted by Gasteiger charge is 2.14. The van der Waals surface area contributed by atoms with E-state index in [1.807, 2.05) is 17.5 Å². The second kappa shape index (κ2) is 6.97. The molecule has 3 aromatic rings. The van der Waals surface area contributed by atoms with Crippen LogP contribution in [0.5, 0.6) is 0 Å². The zero-order valence-corrected chi connectivity index (χ0v) is 13.7. The molecule has 0 amide bonds. The lowest BCUT2D eigenvalue weighted by Gasteiger charge is -2.17. The highest BCUT2D eigenvalue weighted by molar-refractivity contribution is 7.10. The standard InChI is InChI=1S/C17H14ClN3OS/c18-12-3-4-14-13(9-12)11(10-19)8-17(20-14)21-15(5-6-22)16-2-1-7-23-16/h1-4,7-9,15,22H,5-6H2,(H,20,21). The van der Waals surface area contributed by atoms with E-state index in [-0.39, 0.29) is 12.6 Å². The van der Waals surface area contributed by atoms with E-state index in [9.17, 15) is 10.4 Å². The molecule has 1 atom stereocenters. The first-order valence-corrected chi connectivity index (χ1v) is 8.38. The summed E-state index contributed by atoms with van der Waals surface area (Å²) < 4.78 is 0. The molecule has 0 spiro atoms. The Morgan fingerprint density at radius 2 is 2.22 bits per heavy atom. The normalized spacial score (nSPS) is 12.0. The number of nitriles is 1. The third-order valence-electron chi connectivity index (χ3n) is 3.52. The lowest BCUT2D eigenvalue weighted by Crippen LogP contribution is -2.12. The van der Waals surface area contributed by atoms with Crippen LogP contribution >= 0.6 is 22.9 Å². The van der Waals surface area contributed by atoms with E-state index in [0.29, 0.717) is 28.3 Å². The van der Waals surface area contributed by atoms with Crippen LogP contribution in [-0.2, 0) is 0 Å². The molecular weight excluding hydrogens is 330 g/mol. The molecule has 23 heavy (non-hydrogen) atoms. The Bertz CT molecular complexity index is 858. The maximum atomic E-state index is 9.39. The molecule has 4 nitrogen and oxygen atoms in total. The smallest absolute Gasteiger partial charge is 0.128 e. The Kier molecular flexibility index (Phi) is 4.77. The minimum Gasteiger partial charge on any atom is -0.396 e. The van der Waals surface area contributed by atoms with Gasteiger partial charge in [-0.15, -0.1) is 11.3 Å². The van der Waals surface area contributed by atoms with Gasteiger partial charge in [0.15, 0.2) is 0 Å². The van der Waals surface area contributed by atoms with Crippen LogP contribution < -0.4 is 5.32 Å². The number of halogens is 1. The molecule has 0 fully saturated rings. The Labute approximate surface area is 143 Å². The van der Waals surface area contributed by atoms with Gasteiger partial charge in [-0.05, 0) is 42.1 Å². The molecule has 2 heterocycles. The minimum atomic E-state index is -0.0382. The predicted octanol–water partition coefficient (Wildman–Crippen LogP) is 4.36. The minimum absolute atomic E-state index is 0.0382. The van der Waals surface area contributed by atoms with Crippen molar-refractivity contribution < 1.29 is 5.11 Å². The molecule has 0 aliphatic rings.